The predicted octanol–water partition coefficient (Wildman–Crippen LogP) is 3.08. The molecule has 0 aromatic carbocycles. The molecule has 0 N–H and O–H groups in total. The molecule has 19 heavy (non-hydrogen) atoms. The summed E-state index contributed by atoms with van der Waals surface area (Å²) in [5, 5.41) is 0. The smallest absolute Gasteiger partial charge is 0.466 e. The van der Waals surface area contributed by atoms with Crippen LogP contribution in [0, 0.1) is 0 Å². The lowest BCUT2D eigenvalue weighted by atomic mass is 10.2. The van der Waals surface area contributed by atoms with Crippen molar-refractivity contribution in [3.05, 3.63) is 12.2 Å². The largest absolute Gasteiger partial charge is 0.475 e. The number of allylic oxidation sites excluding steroid dienone is 1. The summed E-state index contributed by atoms with van der Waals surface area (Å²) in [6.07, 6.45) is 2.57. The van der Waals surface area contributed by atoms with Crippen molar-refractivity contribution < 1.29 is 27.7 Å². The van der Waals surface area contributed by atoms with Crippen LogP contribution < -0.4 is 0 Å². The third-order valence-electron chi connectivity index (χ3n) is 1.92. The quantitative estimate of drug-likeness (QED) is 0.350. The van der Waals surface area contributed by atoms with E-state index in [0.717, 1.165) is 0 Å². The standard InChI is InChI=1S/C12H23O6P/c1-5-9-11(10-12(13)15-6-2)18-19(14,16-7-3)17-8-4/h5,9,11H,6-8,10H2,1-4H3/b9-5+/t11-/m0/s1. The Balaban J connectivity index is 4.69. The molecule has 0 saturated heterocycles. The Hall–Kier alpha value is -0.680. The highest BCUT2D eigenvalue weighted by atomic mass is 31.2. The van der Waals surface area contributed by atoms with Crippen LogP contribution in [0.3, 0.4) is 0 Å². The molecule has 0 aliphatic carbocycles. The van der Waals surface area contributed by atoms with E-state index in [9.17, 15) is 9.36 Å². The van der Waals surface area contributed by atoms with Crippen molar-refractivity contribution in [1.82, 2.24) is 0 Å². The van der Waals surface area contributed by atoms with Crippen LogP contribution in [0.2, 0.25) is 0 Å². The molecule has 1 atom stereocenters. The highest BCUT2D eigenvalue weighted by Gasteiger charge is 2.30. The maximum atomic E-state index is 12.2. The van der Waals surface area contributed by atoms with Gasteiger partial charge in [0.05, 0.1) is 32.3 Å². The Morgan fingerprint density at radius 2 is 1.74 bits per heavy atom. The Kier molecular flexibility index (Phi) is 9.79. The SMILES string of the molecule is C/C=C/[C@@H](CC(=O)OCC)OP(=O)(OCC)OCC. The van der Waals surface area contributed by atoms with Crippen molar-refractivity contribution in [2.45, 2.75) is 40.2 Å². The first kappa shape index (κ1) is 18.3. The number of ether oxygens (including phenoxy) is 1. The van der Waals surface area contributed by atoms with Crippen LogP contribution >= 0.6 is 7.82 Å². The van der Waals surface area contributed by atoms with Crippen LogP contribution in [0.1, 0.15) is 34.1 Å². The molecule has 0 saturated carbocycles. The minimum Gasteiger partial charge on any atom is -0.466 e. The maximum Gasteiger partial charge on any atom is 0.475 e. The summed E-state index contributed by atoms with van der Waals surface area (Å²) in [6, 6.07) is 0. The van der Waals surface area contributed by atoms with Gasteiger partial charge in [0, 0.05) is 0 Å². The summed E-state index contributed by atoms with van der Waals surface area (Å²) < 4.78 is 32.3. The van der Waals surface area contributed by atoms with Gasteiger partial charge >= 0.3 is 13.8 Å². The highest BCUT2D eigenvalue weighted by molar-refractivity contribution is 7.48. The normalized spacial score (nSPS) is 13.7. The van der Waals surface area contributed by atoms with Gasteiger partial charge in [0.1, 0.15) is 0 Å². The Bertz CT molecular complexity index is 318. The second-order valence-electron chi connectivity index (χ2n) is 3.46. The van der Waals surface area contributed by atoms with Crippen molar-refractivity contribution in [2.24, 2.45) is 0 Å². The van der Waals surface area contributed by atoms with E-state index in [1.807, 2.05) is 0 Å². The van der Waals surface area contributed by atoms with E-state index >= 15 is 0 Å². The fourth-order valence-electron chi connectivity index (χ4n) is 1.32. The molecule has 0 heterocycles. The molecular weight excluding hydrogens is 271 g/mol. The van der Waals surface area contributed by atoms with E-state index in [1.54, 1.807) is 39.8 Å². The summed E-state index contributed by atoms with van der Waals surface area (Å²) in [5.74, 6) is -0.426. The van der Waals surface area contributed by atoms with Crippen molar-refractivity contribution >= 4 is 13.8 Å². The van der Waals surface area contributed by atoms with E-state index in [4.69, 9.17) is 18.3 Å². The molecule has 0 unspecified atom stereocenters. The van der Waals surface area contributed by atoms with Crippen molar-refractivity contribution in [3.63, 3.8) is 0 Å². The second-order valence-corrected chi connectivity index (χ2v) is 5.08. The summed E-state index contributed by atoms with van der Waals surface area (Å²) in [5.41, 5.74) is 0. The molecule has 0 aliphatic heterocycles. The Morgan fingerprint density at radius 3 is 2.16 bits per heavy atom. The molecule has 0 radical (unpaired) electrons. The van der Waals surface area contributed by atoms with Gasteiger partial charge in [-0.25, -0.2) is 4.57 Å². The summed E-state index contributed by atoms with van der Waals surface area (Å²) >= 11 is 0. The van der Waals surface area contributed by atoms with Crippen LogP contribution in [0.4, 0.5) is 0 Å². The zero-order valence-electron chi connectivity index (χ0n) is 12.0. The van der Waals surface area contributed by atoms with Gasteiger partial charge in [-0.2, -0.15) is 0 Å². The minimum absolute atomic E-state index is 0.0394. The van der Waals surface area contributed by atoms with E-state index in [-0.39, 0.29) is 26.2 Å². The molecule has 0 fully saturated rings. The summed E-state index contributed by atoms with van der Waals surface area (Å²) in [6.45, 7) is 7.53. The van der Waals surface area contributed by atoms with Gasteiger partial charge in [0.25, 0.3) is 0 Å². The average Bonchev–Trinajstić information content (AvgIpc) is 2.29. The number of hydrogen-bond donors (Lipinski definition) is 0. The maximum absolute atomic E-state index is 12.2. The van der Waals surface area contributed by atoms with Crippen molar-refractivity contribution in [3.8, 4) is 0 Å². The molecule has 112 valence electrons. The van der Waals surface area contributed by atoms with Crippen molar-refractivity contribution in [1.29, 1.82) is 0 Å². The Morgan fingerprint density at radius 1 is 1.16 bits per heavy atom. The van der Waals surface area contributed by atoms with Gasteiger partial charge in [0.2, 0.25) is 0 Å². The first-order valence-electron chi connectivity index (χ1n) is 6.37. The zero-order chi connectivity index (χ0) is 14.7. The number of rotatable bonds is 10. The molecular formula is C12H23O6P. The first-order valence-corrected chi connectivity index (χ1v) is 7.83. The third-order valence-corrected chi connectivity index (χ3v) is 3.60. The van der Waals surface area contributed by atoms with E-state index in [1.165, 1.54) is 0 Å². The average molecular weight is 294 g/mol. The van der Waals surface area contributed by atoms with Crippen LogP contribution in [0.25, 0.3) is 0 Å². The van der Waals surface area contributed by atoms with Crippen LogP contribution in [-0.2, 0) is 27.7 Å². The van der Waals surface area contributed by atoms with E-state index in [2.05, 4.69) is 0 Å². The topological polar surface area (TPSA) is 71.1 Å². The molecule has 0 aliphatic rings. The van der Waals surface area contributed by atoms with Gasteiger partial charge < -0.3 is 4.74 Å². The summed E-state index contributed by atoms with van der Waals surface area (Å²) in [4.78, 5) is 11.4. The number of carbonyl (C=O) groups excluding carboxylic acids is 1. The zero-order valence-corrected chi connectivity index (χ0v) is 12.9. The minimum atomic E-state index is -3.64. The number of phosphoric ester groups is 1. The van der Waals surface area contributed by atoms with Gasteiger partial charge in [-0.15, -0.1) is 0 Å². The molecule has 0 amide bonds. The van der Waals surface area contributed by atoms with Crippen molar-refractivity contribution in [2.75, 3.05) is 19.8 Å². The van der Waals surface area contributed by atoms with Gasteiger partial charge in [-0.3, -0.25) is 18.4 Å². The van der Waals surface area contributed by atoms with Gasteiger partial charge in [0.15, 0.2) is 0 Å². The highest BCUT2D eigenvalue weighted by Crippen LogP contribution is 2.50. The monoisotopic (exact) mass is 294 g/mol. The molecule has 0 spiro atoms. The number of carbonyl (C=O) groups is 1. The van der Waals surface area contributed by atoms with E-state index < -0.39 is 19.9 Å². The molecule has 7 heteroatoms. The Labute approximate surface area is 114 Å². The van der Waals surface area contributed by atoms with Gasteiger partial charge in [-0.05, 0) is 27.7 Å². The van der Waals surface area contributed by atoms with E-state index in [0.29, 0.717) is 0 Å². The lowest BCUT2D eigenvalue weighted by molar-refractivity contribution is -0.144. The fourth-order valence-corrected chi connectivity index (χ4v) is 2.62. The summed E-state index contributed by atoms with van der Waals surface area (Å²) in [7, 11) is -3.64. The fraction of sp³-hybridized carbons (Fsp3) is 0.750. The number of hydrogen-bond acceptors (Lipinski definition) is 6. The molecule has 0 aromatic heterocycles. The van der Waals surface area contributed by atoms with Crippen LogP contribution in [-0.4, -0.2) is 31.9 Å². The second kappa shape index (κ2) is 10.1. The molecule has 0 rings (SSSR count). The lowest BCUT2D eigenvalue weighted by Gasteiger charge is -2.20. The predicted molar refractivity (Wildman–Crippen MR) is 71.8 cm³/mol. The van der Waals surface area contributed by atoms with Crippen LogP contribution in [0.15, 0.2) is 12.2 Å². The lowest BCUT2D eigenvalue weighted by Crippen LogP contribution is -2.18. The third kappa shape index (κ3) is 8.16. The number of phosphoric acid groups is 1. The van der Waals surface area contributed by atoms with Crippen LogP contribution in [0.5, 0.6) is 0 Å². The molecule has 0 aromatic rings. The molecule has 0 bridgehead atoms. The molecule has 6 nitrogen and oxygen atoms in total. The first-order chi connectivity index (χ1) is 9.01. The van der Waals surface area contributed by atoms with Gasteiger partial charge in [-0.1, -0.05) is 12.2 Å². The number of esters is 1.